The van der Waals surface area contributed by atoms with Crippen LogP contribution in [0.2, 0.25) is 0 Å². The molecule has 0 aliphatic heterocycles. The molecule has 0 fully saturated rings. The lowest BCUT2D eigenvalue weighted by Gasteiger charge is -1.93. The molecule has 0 aromatic heterocycles. The summed E-state index contributed by atoms with van der Waals surface area (Å²) in [5, 5.41) is 5.75. The van der Waals surface area contributed by atoms with Crippen LogP contribution < -0.4 is 5.32 Å². The fourth-order valence-electron chi connectivity index (χ4n) is 0.720. The van der Waals surface area contributed by atoms with E-state index < -0.39 is 6.09 Å². The van der Waals surface area contributed by atoms with Gasteiger partial charge in [0.05, 0.1) is 6.21 Å². The van der Waals surface area contributed by atoms with Gasteiger partial charge < -0.3 is 5.32 Å². The molecule has 0 saturated heterocycles. The molecule has 1 N–H and O–H groups in total. The van der Waals surface area contributed by atoms with E-state index in [0.717, 1.165) is 5.56 Å². The zero-order valence-electron chi connectivity index (χ0n) is 7.23. The summed E-state index contributed by atoms with van der Waals surface area (Å²) in [5.74, 6) is 0. The van der Waals surface area contributed by atoms with Crippen LogP contribution in [0.4, 0.5) is 4.79 Å². The van der Waals surface area contributed by atoms with Crippen molar-refractivity contribution in [3.05, 3.63) is 35.9 Å². The van der Waals surface area contributed by atoms with Gasteiger partial charge in [-0.1, -0.05) is 35.5 Å². The van der Waals surface area contributed by atoms with Crippen molar-refractivity contribution in [2.75, 3.05) is 7.05 Å². The number of hydrogen-bond acceptors (Lipinski definition) is 3. The first kappa shape index (κ1) is 9.25. The van der Waals surface area contributed by atoms with Gasteiger partial charge in [-0.3, -0.25) is 4.84 Å². The summed E-state index contributed by atoms with van der Waals surface area (Å²) in [4.78, 5) is 15.0. The minimum atomic E-state index is -0.577. The Labute approximate surface area is 76.2 Å². The molecule has 1 aromatic rings. The molecule has 0 aliphatic carbocycles. The molecular weight excluding hydrogens is 168 g/mol. The molecule has 0 radical (unpaired) electrons. The fraction of sp³-hybridized carbons (Fsp3) is 0.111. The standard InChI is InChI=1S/C9H10N2O2/c1-10-9(12)13-11-7-8-5-3-2-4-6-8/h2-7H,1H3,(H,10,12)/b11-7-. The van der Waals surface area contributed by atoms with Gasteiger partial charge in [-0.15, -0.1) is 0 Å². The maximum absolute atomic E-state index is 10.6. The first-order valence-electron chi connectivity index (χ1n) is 3.80. The number of carbonyl (C=O) groups is 1. The van der Waals surface area contributed by atoms with E-state index in [1.54, 1.807) is 0 Å². The Hall–Kier alpha value is -1.84. The van der Waals surface area contributed by atoms with Crippen molar-refractivity contribution in [3.63, 3.8) is 0 Å². The molecule has 1 amide bonds. The normalized spacial score (nSPS) is 9.92. The molecule has 0 atom stereocenters. The van der Waals surface area contributed by atoms with E-state index in [2.05, 4.69) is 15.3 Å². The second-order valence-electron chi connectivity index (χ2n) is 2.27. The average Bonchev–Trinajstić information content (AvgIpc) is 2.19. The number of benzene rings is 1. The Bertz CT molecular complexity index is 296. The molecule has 4 nitrogen and oxygen atoms in total. The summed E-state index contributed by atoms with van der Waals surface area (Å²) in [7, 11) is 1.47. The Morgan fingerprint density at radius 1 is 1.46 bits per heavy atom. The van der Waals surface area contributed by atoms with Crippen molar-refractivity contribution in [1.29, 1.82) is 0 Å². The minimum absolute atomic E-state index is 0.577. The number of nitrogens with one attached hydrogen (secondary N) is 1. The molecular formula is C9H10N2O2. The molecule has 0 saturated carbocycles. The van der Waals surface area contributed by atoms with E-state index in [1.165, 1.54) is 13.3 Å². The zero-order valence-corrected chi connectivity index (χ0v) is 7.23. The van der Waals surface area contributed by atoms with E-state index in [1.807, 2.05) is 30.3 Å². The third-order valence-corrected chi connectivity index (χ3v) is 1.34. The van der Waals surface area contributed by atoms with Crippen molar-refractivity contribution in [2.24, 2.45) is 5.16 Å². The maximum Gasteiger partial charge on any atom is 0.433 e. The van der Waals surface area contributed by atoms with Crippen LogP contribution in [0.1, 0.15) is 5.56 Å². The number of oxime groups is 1. The van der Waals surface area contributed by atoms with Crippen LogP contribution in [0.3, 0.4) is 0 Å². The molecule has 0 aliphatic rings. The van der Waals surface area contributed by atoms with Crippen LogP contribution >= 0.6 is 0 Å². The van der Waals surface area contributed by atoms with E-state index in [9.17, 15) is 4.79 Å². The van der Waals surface area contributed by atoms with E-state index in [-0.39, 0.29) is 0 Å². The predicted molar refractivity (Wildman–Crippen MR) is 49.6 cm³/mol. The summed E-state index contributed by atoms with van der Waals surface area (Å²) in [6, 6.07) is 9.37. The van der Waals surface area contributed by atoms with Crippen LogP contribution in [0.5, 0.6) is 0 Å². The number of carbonyl (C=O) groups excluding carboxylic acids is 1. The van der Waals surface area contributed by atoms with Gasteiger partial charge in [0, 0.05) is 7.05 Å². The largest absolute Gasteiger partial charge is 0.433 e. The van der Waals surface area contributed by atoms with Crippen molar-refractivity contribution >= 4 is 12.3 Å². The summed E-state index contributed by atoms with van der Waals surface area (Å²) < 4.78 is 0. The number of amides is 1. The van der Waals surface area contributed by atoms with Crippen LogP contribution in [0, 0.1) is 0 Å². The summed E-state index contributed by atoms with van der Waals surface area (Å²) in [5.41, 5.74) is 0.881. The number of nitrogens with zero attached hydrogens (tertiary/aromatic N) is 1. The second kappa shape index (κ2) is 4.92. The van der Waals surface area contributed by atoms with Crippen LogP contribution in [-0.2, 0) is 4.84 Å². The van der Waals surface area contributed by atoms with Crippen LogP contribution in [0.25, 0.3) is 0 Å². The van der Waals surface area contributed by atoms with Gasteiger partial charge in [-0.2, -0.15) is 0 Å². The third kappa shape index (κ3) is 3.37. The lowest BCUT2D eigenvalue weighted by molar-refractivity contribution is 0.154. The van der Waals surface area contributed by atoms with Gasteiger partial charge in [0.25, 0.3) is 0 Å². The van der Waals surface area contributed by atoms with E-state index >= 15 is 0 Å². The first-order chi connectivity index (χ1) is 6.33. The quantitative estimate of drug-likeness (QED) is 0.422. The first-order valence-corrected chi connectivity index (χ1v) is 3.80. The Morgan fingerprint density at radius 2 is 2.15 bits per heavy atom. The highest BCUT2D eigenvalue weighted by molar-refractivity contribution is 5.79. The van der Waals surface area contributed by atoms with Gasteiger partial charge in [0.15, 0.2) is 0 Å². The Kier molecular flexibility index (Phi) is 3.50. The zero-order chi connectivity index (χ0) is 9.52. The second-order valence-corrected chi connectivity index (χ2v) is 2.27. The topological polar surface area (TPSA) is 50.7 Å². The summed E-state index contributed by atoms with van der Waals surface area (Å²) in [6.07, 6.45) is 0.891. The van der Waals surface area contributed by atoms with Crippen LogP contribution in [-0.4, -0.2) is 19.4 Å². The maximum atomic E-state index is 10.6. The molecule has 1 rings (SSSR count). The van der Waals surface area contributed by atoms with E-state index in [4.69, 9.17) is 0 Å². The van der Waals surface area contributed by atoms with Gasteiger partial charge in [0.2, 0.25) is 0 Å². The fourth-order valence-corrected chi connectivity index (χ4v) is 0.720. The predicted octanol–water partition coefficient (Wildman–Crippen LogP) is 1.38. The molecule has 1 aromatic carbocycles. The third-order valence-electron chi connectivity index (χ3n) is 1.34. The highest BCUT2D eigenvalue weighted by Crippen LogP contribution is 1.93. The van der Waals surface area contributed by atoms with Crippen molar-refractivity contribution in [2.45, 2.75) is 0 Å². The van der Waals surface area contributed by atoms with E-state index in [0.29, 0.717) is 0 Å². The van der Waals surface area contributed by atoms with Gasteiger partial charge in [-0.25, -0.2) is 4.79 Å². The molecule has 0 spiro atoms. The molecule has 4 heteroatoms. The SMILES string of the molecule is CNC(=O)O/N=C\c1ccccc1. The average molecular weight is 178 g/mol. The van der Waals surface area contributed by atoms with Gasteiger partial charge in [0.1, 0.15) is 0 Å². The van der Waals surface area contributed by atoms with Crippen molar-refractivity contribution in [3.8, 4) is 0 Å². The van der Waals surface area contributed by atoms with Gasteiger partial charge >= 0.3 is 6.09 Å². The monoisotopic (exact) mass is 178 g/mol. The van der Waals surface area contributed by atoms with Crippen LogP contribution in [0.15, 0.2) is 35.5 Å². The molecule has 68 valence electrons. The molecule has 0 heterocycles. The highest BCUT2D eigenvalue weighted by Gasteiger charge is 1.92. The molecule has 13 heavy (non-hydrogen) atoms. The summed E-state index contributed by atoms with van der Waals surface area (Å²) in [6.45, 7) is 0. The number of hydrogen-bond donors (Lipinski definition) is 1. The Balaban J connectivity index is 2.45. The minimum Gasteiger partial charge on any atom is -0.323 e. The smallest absolute Gasteiger partial charge is 0.323 e. The lowest BCUT2D eigenvalue weighted by atomic mass is 10.2. The lowest BCUT2D eigenvalue weighted by Crippen LogP contribution is -2.16. The number of rotatable bonds is 2. The van der Waals surface area contributed by atoms with Gasteiger partial charge in [-0.05, 0) is 5.56 Å². The van der Waals surface area contributed by atoms with Crippen molar-refractivity contribution < 1.29 is 9.63 Å². The summed E-state index contributed by atoms with van der Waals surface area (Å²) >= 11 is 0. The molecule has 0 unspecified atom stereocenters. The highest BCUT2D eigenvalue weighted by atomic mass is 16.7. The van der Waals surface area contributed by atoms with Crippen molar-refractivity contribution in [1.82, 2.24) is 5.32 Å². The molecule has 0 bridgehead atoms. The Morgan fingerprint density at radius 3 is 2.77 bits per heavy atom.